The van der Waals surface area contributed by atoms with E-state index in [-0.39, 0.29) is 5.91 Å². The first-order valence-corrected chi connectivity index (χ1v) is 12.6. The molecule has 1 aromatic carbocycles. The second-order valence-corrected chi connectivity index (χ2v) is 10.4. The van der Waals surface area contributed by atoms with Gasteiger partial charge in [0.1, 0.15) is 0 Å². The summed E-state index contributed by atoms with van der Waals surface area (Å²) in [6.07, 6.45) is 3.36. The molecule has 7 heteroatoms. The minimum absolute atomic E-state index is 0.110. The fraction of sp³-hybridized carbons (Fsp3) is 0.440. The molecule has 2 fully saturated rings. The van der Waals surface area contributed by atoms with Crippen LogP contribution >= 0.6 is 22.9 Å². The largest absolute Gasteiger partial charge is 0.379 e. The molecule has 2 aliphatic rings. The maximum Gasteiger partial charge on any atom is 0.254 e. The van der Waals surface area contributed by atoms with E-state index in [0.717, 1.165) is 90.2 Å². The minimum atomic E-state index is 0.110. The van der Waals surface area contributed by atoms with Crippen LogP contribution in [0.25, 0.3) is 21.5 Å². The number of carbonyl (C=O) groups is 1. The van der Waals surface area contributed by atoms with Crippen molar-refractivity contribution in [3.8, 4) is 10.6 Å². The van der Waals surface area contributed by atoms with E-state index >= 15 is 0 Å². The molecule has 168 valence electrons. The molecule has 0 unspecified atom stereocenters. The quantitative estimate of drug-likeness (QED) is 0.515. The number of para-hydroxylation sites is 1. The number of piperidine rings is 1. The molecule has 3 aromatic rings. The Morgan fingerprint density at radius 1 is 1.09 bits per heavy atom. The van der Waals surface area contributed by atoms with E-state index in [4.69, 9.17) is 21.3 Å². The molecule has 0 atom stereocenters. The van der Waals surface area contributed by atoms with E-state index in [9.17, 15) is 4.79 Å². The number of thiophene rings is 1. The highest BCUT2D eigenvalue weighted by molar-refractivity contribution is 7.19. The molecule has 0 saturated carbocycles. The van der Waals surface area contributed by atoms with Crippen molar-refractivity contribution in [2.75, 3.05) is 45.9 Å². The van der Waals surface area contributed by atoms with Crippen molar-refractivity contribution >= 4 is 39.7 Å². The van der Waals surface area contributed by atoms with Crippen molar-refractivity contribution in [1.82, 2.24) is 14.8 Å². The molecule has 2 aliphatic heterocycles. The molecule has 1 amide bonds. The average molecular weight is 470 g/mol. The molecule has 0 spiro atoms. The summed E-state index contributed by atoms with van der Waals surface area (Å²) in [5.74, 6) is 0.805. The van der Waals surface area contributed by atoms with E-state index in [1.807, 2.05) is 47.4 Å². The summed E-state index contributed by atoms with van der Waals surface area (Å²) in [6.45, 7) is 6.59. The van der Waals surface area contributed by atoms with E-state index in [2.05, 4.69) is 4.90 Å². The number of amides is 1. The standard InChI is InChI=1S/C25H28ClN3O2S/c26-24-6-5-23(32-24)22-17-20(19-3-1-2-4-21(19)27-22)25(30)29-11-8-18(9-12-29)7-10-28-13-15-31-16-14-28/h1-6,17-18H,7-16H2. The molecule has 0 aliphatic carbocycles. The number of rotatable bonds is 5. The third-order valence-corrected chi connectivity index (χ3v) is 7.88. The van der Waals surface area contributed by atoms with Crippen LogP contribution in [0.1, 0.15) is 29.6 Å². The predicted molar refractivity (Wildman–Crippen MR) is 131 cm³/mol. The zero-order valence-corrected chi connectivity index (χ0v) is 19.7. The van der Waals surface area contributed by atoms with Crippen LogP contribution in [-0.4, -0.2) is 66.6 Å². The molecule has 32 heavy (non-hydrogen) atoms. The van der Waals surface area contributed by atoms with Gasteiger partial charge in [0.25, 0.3) is 5.91 Å². The number of ether oxygens (including phenoxy) is 1. The molecular weight excluding hydrogens is 442 g/mol. The monoisotopic (exact) mass is 469 g/mol. The summed E-state index contributed by atoms with van der Waals surface area (Å²) in [6, 6.07) is 13.7. The van der Waals surface area contributed by atoms with Crippen LogP contribution in [0.5, 0.6) is 0 Å². The van der Waals surface area contributed by atoms with Gasteiger partial charge in [0, 0.05) is 31.6 Å². The van der Waals surface area contributed by atoms with Crippen LogP contribution < -0.4 is 0 Å². The molecule has 5 rings (SSSR count). The van der Waals surface area contributed by atoms with Crippen molar-refractivity contribution in [2.24, 2.45) is 5.92 Å². The Morgan fingerprint density at radius 3 is 2.62 bits per heavy atom. The first-order chi connectivity index (χ1) is 15.7. The Kier molecular flexibility index (Phi) is 6.74. The Labute approximate surface area is 197 Å². The number of carbonyl (C=O) groups excluding carboxylic acids is 1. The number of likely N-dealkylation sites (tertiary alicyclic amines) is 1. The second-order valence-electron chi connectivity index (χ2n) is 8.65. The first kappa shape index (κ1) is 21.8. The van der Waals surface area contributed by atoms with Gasteiger partial charge < -0.3 is 9.64 Å². The lowest BCUT2D eigenvalue weighted by Gasteiger charge is -2.34. The molecule has 0 radical (unpaired) electrons. The number of nitrogens with zero attached hydrogens (tertiary/aromatic N) is 3. The van der Waals surface area contributed by atoms with Gasteiger partial charge in [-0.25, -0.2) is 4.98 Å². The van der Waals surface area contributed by atoms with Crippen LogP contribution in [0.3, 0.4) is 0 Å². The van der Waals surface area contributed by atoms with Crippen molar-refractivity contribution in [3.05, 3.63) is 52.4 Å². The van der Waals surface area contributed by atoms with Crippen LogP contribution in [0, 0.1) is 5.92 Å². The van der Waals surface area contributed by atoms with E-state index in [0.29, 0.717) is 5.92 Å². The smallest absolute Gasteiger partial charge is 0.254 e. The molecule has 0 N–H and O–H groups in total. The summed E-state index contributed by atoms with van der Waals surface area (Å²) in [5, 5.41) is 0.915. The highest BCUT2D eigenvalue weighted by Gasteiger charge is 2.26. The van der Waals surface area contributed by atoms with Gasteiger partial charge in [-0.2, -0.15) is 0 Å². The van der Waals surface area contributed by atoms with Gasteiger partial charge in [0.15, 0.2) is 0 Å². The topological polar surface area (TPSA) is 45.7 Å². The van der Waals surface area contributed by atoms with E-state index in [1.54, 1.807) is 0 Å². The van der Waals surface area contributed by atoms with E-state index < -0.39 is 0 Å². The number of hydrogen-bond acceptors (Lipinski definition) is 5. The normalized spacial score (nSPS) is 18.3. The number of morpholine rings is 1. The number of halogens is 1. The van der Waals surface area contributed by atoms with Crippen molar-refractivity contribution in [1.29, 1.82) is 0 Å². The fourth-order valence-electron chi connectivity index (χ4n) is 4.72. The van der Waals surface area contributed by atoms with Gasteiger partial charge in [0.05, 0.1) is 39.2 Å². The summed E-state index contributed by atoms with van der Waals surface area (Å²) >= 11 is 7.64. The summed E-state index contributed by atoms with van der Waals surface area (Å²) in [7, 11) is 0. The molecule has 2 aromatic heterocycles. The van der Waals surface area contributed by atoms with Gasteiger partial charge in [-0.1, -0.05) is 29.8 Å². The summed E-state index contributed by atoms with van der Waals surface area (Å²) in [5.41, 5.74) is 2.39. The Bertz CT molecular complexity index is 1090. The maximum absolute atomic E-state index is 13.6. The maximum atomic E-state index is 13.6. The number of fused-ring (bicyclic) bond motifs is 1. The lowest BCUT2D eigenvalue weighted by atomic mass is 9.92. The molecule has 4 heterocycles. The zero-order chi connectivity index (χ0) is 21.9. The number of hydrogen-bond donors (Lipinski definition) is 0. The van der Waals surface area contributed by atoms with Crippen LogP contribution in [0.15, 0.2) is 42.5 Å². The van der Waals surface area contributed by atoms with Crippen molar-refractivity contribution in [2.45, 2.75) is 19.3 Å². The Hall–Kier alpha value is -1.99. The lowest BCUT2D eigenvalue weighted by Crippen LogP contribution is -2.41. The third kappa shape index (κ3) is 4.84. The van der Waals surface area contributed by atoms with Gasteiger partial charge in [-0.05, 0) is 56.0 Å². The number of pyridine rings is 1. The fourth-order valence-corrected chi connectivity index (χ4v) is 5.72. The third-order valence-electron chi connectivity index (χ3n) is 6.63. The SMILES string of the molecule is O=C(c1cc(-c2ccc(Cl)s2)nc2ccccc12)N1CCC(CCN2CCOCC2)CC1. The summed E-state index contributed by atoms with van der Waals surface area (Å²) in [4.78, 5) is 23.9. The molecular formula is C25H28ClN3O2S. The molecule has 2 saturated heterocycles. The number of aromatic nitrogens is 1. The molecule has 0 bridgehead atoms. The van der Waals surface area contributed by atoms with Crippen molar-refractivity contribution < 1.29 is 9.53 Å². The molecule has 5 nitrogen and oxygen atoms in total. The van der Waals surface area contributed by atoms with Gasteiger partial charge >= 0.3 is 0 Å². The predicted octanol–water partition coefficient (Wildman–Crippen LogP) is 5.19. The summed E-state index contributed by atoms with van der Waals surface area (Å²) < 4.78 is 6.17. The van der Waals surface area contributed by atoms with Crippen LogP contribution in [-0.2, 0) is 4.74 Å². The second kappa shape index (κ2) is 9.87. The Balaban J connectivity index is 1.29. The van der Waals surface area contributed by atoms with Gasteiger partial charge in [-0.3, -0.25) is 9.69 Å². The van der Waals surface area contributed by atoms with E-state index in [1.165, 1.54) is 17.8 Å². The number of benzene rings is 1. The highest BCUT2D eigenvalue weighted by Crippen LogP contribution is 2.33. The van der Waals surface area contributed by atoms with Crippen LogP contribution in [0.4, 0.5) is 0 Å². The van der Waals surface area contributed by atoms with Crippen LogP contribution in [0.2, 0.25) is 4.34 Å². The zero-order valence-electron chi connectivity index (χ0n) is 18.1. The van der Waals surface area contributed by atoms with Gasteiger partial charge in [0.2, 0.25) is 0 Å². The average Bonchev–Trinajstić information content (AvgIpc) is 3.29. The first-order valence-electron chi connectivity index (χ1n) is 11.4. The lowest BCUT2D eigenvalue weighted by molar-refractivity contribution is 0.0332. The van der Waals surface area contributed by atoms with Crippen molar-refractivity contribution in [3.63, 3.8) is 0 Å². The highest BCUT2D eigenvalue weighted by atomic mass is 35.5. The minimum Gasteiger partial charge on any atom is -0.379 e. The van der Waals surface area contributed by atoms with Gasteiger partial charge in [-0.15, -0.1) is 11.3 Å². The Morgan fingerprint density at radius 2 is 1.88 bits per heavy atom.